The Morgan fingerprint density at radius 3 is 2.42 bits per heavy atom. The van der Waals surface area contributed by atoms with Crippen LogP contribution in [0.15, 0.2) is 12.1 Å². The van der Waals surface area contributed by atoms with Crippen molar-refractivity contribution >= 4 is 11.9 Å². The van der Waals surface area contributed by atoms with E-state index < -0.39 is 11.9 Å². The summed E-state index contributed by atoms with van der Waals surface area (Å²) >= 11 is 0. The number of rotatable bonds is 10. The fourth-order valence-electron chi connectivity index (χ4n) is 2.80. The Bertz CT molecular complexity index is 561. The SMILES string of the molecule is CCCCOC(=O)c1ccc(CC)c(CCCC(C)C)c1C(=O)O. The van der Waals surface area contributed by atoms with Gasteiger partial charge in [0.05, 0.1) is 17.7 Å². The third-order valence-electron chi connectivity index (χ3n) is 4.16. The highest BCUT2D eigenvalue weighted by atomic mass is 16.5. The number of benzene rings is 1. The zero-order valence-corrected chi connectivity index (χ0v) is 15.4. The largest absolute Gasteiger partial charge is 0.478 e. The number of unbranched alkanes of at least 4 members (excludes halogenated alkanes) is 1. The van der Waals surface area contributed by atoms with Crippen LogP contribution in [0, 0.1) is 5.92 Å². The molecule has 134 valence electrons. The van der Waals surface area contributed by atoms with Gasteiger partial charge in [0.25, 0.3) is 0 Å². The van der Waals surface area contributed by atoms with Crippen molar-refractivity contribution in [3.8, 4) is 0 Å². The van der Waals surface area contributed by atoms with E-state index in [4.69, 9.17) is 4.74 Å². The molecule has 0 aliphatic rings. The van der Waals surface area contributed by atoms with Gasteiger partial charge in [-0.15, -0.1) is 0 Å². The highest BCUT2D eigenvalue weighted by molar-refractivity contribution is 6.03. The number of esters is 1. The average Bonchev–Trinajstić information content (AvgIpc) is 2.53. The highest BCUT2D eigenvalue weighted by Crippen LogP contribution is 2.24. The van der Waals surface area contributed by atoms with E-state index in [9.17, 15) is 14.7 Å². The van der Waals surface area contributed by atoms with Crippen molar-refractivity contribution < 1.29 is 19.4 Å². The fraction of sp³-hybridized carbons (Fsp3) is 0.600. The van der Waals surface area contributed by atoms with E-state index in [2.05, 4.69) is 13.8 Å². The van der Waals surface area contributed by atoms with Crippen molar-refractivity contribution in [3.63, 3.8) is 0 Å². The van der Waals surface area contributed by atoms with Crippen LogP contribution in [0.2, 0.25) is 0 Å². The minimum absolute atomic E-state index is 0.125. The standard InChI is InChI=1S/C20H30O4/c1-5-7-13-24-20(23)17-12-11-15(6-2)16(18(17)19(21)22)10-8-9-14(3)4/h11-12,14H,5-10,13H2,1-4H3,(H,21,22). The van der Waals surface area contributed by atoms with Gasteiger partial charge in [-0.05, 0) is 48.8 Å². The number of aromatic carboxylic acids is 1. The first-order valence-electron chi connectivity index (χ1n) is 8.97. The second kappa shape index (κ2) is 10.1. The fourth-order valence-corrected chi connectivity index (χ4v) is 2.80. The quantitative estimate of drug-likeness (QED) is 0.489. The first-order valence-corrected chi connectivity index (χ1v) is 8.97. The molecule has 0 radical (unpaired) electrons. The molecular weight excluding hydrogens is 304 g/mol. The Hall–Kier alpha value is -1.84. The maximum Gasteiger partial charge on any atom is 0.339 e. The molecule has 0 aromatic heterocycles. The van der Waals surface area contributed by atoms with Gasteiger partial charge in [-0.1, -0.05) is 46.6 Å². The van der Waals surface area contributed by atoms with Crippen LogP contribution in [0.1, 0.15) is 85.2 Å². The molecule has 24 heavy (non-hydrogen) atoms. The lowest BCUT2D eigenvalue weighted by molar-refractivity contribution is 0.0489. The first-order chi connectivity index (χ1) is 11.4. The second-order valence-electron chi connectivity index (χ2n) is 6.56. The molecule has 0 heterocycles. The number of carbonyl (C=O) groups excluding carboxylic acids is 1. The minimum atomic E-state index is -1.05. The summed E-state index contributed by atoms with van der Waals surface area (Å²) < 4.78 is 5.23. The number of hydrogen-bond acceptors (Lipinski definition) is 3. The van der Waals surface area contributed by atoms with Gasteiger partial charge in [-0.25, -0.2) is 9.59 Å². The number of ether oxygens (including phenoxy) is 1. The lowest BCUT2D eigenvalue weighted by Crippen LogP contribution is -2.16. The van der Waals surface area contributed by atoms with Crippen molar-refractivity contribution in [1.82, 2.24) is 0 Å². The molecule has 0 aliphatic heterocycles. The van der Waals surface area contributed by atoms with E-state index in [1.807, 2.05) is 19.9 Å². The predicted octanol–water partition coefficient (Wildman–Crippen LogP) is 4.88. The van der Waals surface area contributed by atoms with E-state index in [-0.39, 0.29) is 11.1 Å². The van der Waals surface area contributed by atoms with Gasteiger partial charge in [-0.3, -0.25) is 0 Å². The molecule has 0 unspecified atom stereocenters. The number of aryl methyl sites for hydroxylation is 1. The molecule has 1 N–H and O–H groups in total. The average molecular weight is 334 g/mol. The van der Waals surface area contributed by atoms with Gasteiger partial charge >= 0.3 is 11.9 Å². The van der Waals surface area contributed by atoms with Crippen LogP contribution in [-0.4, -0.2) is 23.7 Å². The van der Waals surface area contributed by atoms with E-state index in [1.54, 1.807) is 6.07 Å². The van der Waals surface area contributed by atoms with Gasteiger partial charge < -0.3 is 9.84 Å². The Labute approximate surface area is 145 Å². The molecule has 0 aliphatic carbocycles. The summed E-state index contributed by atoms with van der Waals surface area (Å²) in [6.45, 7) is 8.65. The zero-order chi connectivity index (χ0) is 18.1. The number of carbonyl (C=O) groups is 2. The molecule has 0 amide bonds. The van der Waals surface area contributed by atoms with Crippen LogP contribution in [0.4, 0.5) is 0 Å². The van der Waals surface area contributed by atoms with Gasteiger partial charge in [0, 0.05) is 0 Å². The Morgan fingerprint density at radius 1 is 1.17 bits per heavy atom. The smallest absolute Gasteiger partial charge is 0.339 e. The lowest BCUT2D eigenvalue weighted by atomic mass is 9.90. The lowest BCUT2D eigenvalue weighted by Gasteiger charge is -2.16. The first kappa shape index (κ1) is 20.2. The molecular formula is C20H30O4. The van der Waals surface area contributed by atoms with Gasteiger partial charge in [0.1, 0.15) is 0 Å². The number of carboxylic acids is 1. The topological polar surface area (TPSA) is 63.6 Å². The summed E-state index contributed by atoms with van der Waals surface area (Å²) in [4.78, 5) is 24.1. The molecule has 0 atom stereocenters. The zero-order valence-electron chi connectivity index (χ0n) is 15.4. The molecule has 1 aromatic rings. The molecule has 4 heteroatoms. The normalized spacial score (nSPS) is 10.9. The van der Waals surface area contributed by atoms with Crippen LogP contribution < -0.4 is 0 Å². The summed E-state index contributed by atoms with van der Waals surface area (Å²) in [5, 5.41) is 9.69. The highest BCUT2D eigenvalue weighted by Gasteiger charge is 2.23. The van der Waals surface area contributed by atoms with Crippen LogP contribution in [0.3, 0.4) is 0 Å². The summed E-state index contributed by atoms with van der Waals surface area (Å²) in [6, 6.07) is 3.47. The van der Waals surface area contributed by atoms with Crippen molar-refractivity contribution in [2.45, 2.75) is 66.2 Å². The third kappa shape index (κ3) is 5.66. The van der Waals surface area contributed by atoms with Crippen LogP contribution in [0.25, 0.3) is 0 Å². The van der Waals surface area contributed by atoms with Gasteiger partial charge in [0.15, 0.2) is 0 Å². The maximum absolute atomic E-state index is 12.3. The van der Waals surface area contributed by atoms with Crippen molar-refractivity contribution in [2.24, 2.45) is 5.92 Å². The molecule has 1 rings (SSSR count). The molecule has 0 fully saturated rings. The Balaban J connectivity index is 3.15. The Morgan fingerprint density at radius 2 is 1.88 bits per heavy atom. The summed E-state index contributed by atoms with van der Waals surface area (Å²) in [5.74, 6) is -1.01. The predicted molar refractivity (Wildman–Crippen MR) is 95.7 cm³/mol. The van der Waals surface area contributed by atoms with Crippen LogP contribution in [-0.2, 0) is 17.6 Å². The van der Waals surface area contributed by atoms with Crippen molar-refractivity contribution in [1.29, 1.82) is 0 Å². The van der Waals surface area contributed by atoms with E-state index >= 15 is 0 Å². The number of carboxylic acid groups (broad SMARTS) is 1. The number of hydrogen-bond donors (Lipinski definition) is 1. The monoisotopic (exact) mass is 334 g/mol. The molecule has 4 nitrogen and oxygen atoms in total. The molecule has 0 bridgehead atoms. The molecule has 0 spiro atoms. The van der Waals surface area contributed by atoms with Crippen molar-refractivity contribution in [3.05, 3.63) is 34.4 Å². The third-order valence-corrected chi connectivity index (χ3v) is 4.16. The minimum Gasteiger partial charge on any atom is -0.478 e. The van der Waals surface area contributed by atoms with E-state index in [1.165, 1.54) is 0 Å². The molecule has 0 saturated heterocycles. The van der Waals surface area contributed by atoms with Crippen LogP contribution in [0.5, 0.6) is 0 Å². The van der Waals surface area contributed by atoms with Crippen LogP contribution >= 0.6 is 0 Å². The van der Waals surface area contributed by atoms with E-state index in [0.717, 1.165) is 43.2 Å². The molecule has 1 aromatic carbocycles. The maximum atomic E-state index is 12.3. The summed E-state index contributed by atoms with van der Waals surface area (Å²) in [6.07, 6.45) is 5.09. The van der Waals surface area contributed by atoms with Gasteiger partial charge in [-0.2, -0.15) is 0 Å². The van der Waals surface area contributed by atoms with E-state index in [0.29, 0.717) is 18.9 Å². The van der Waals surface area contributed by atoms with Gasteiger partial charge in [0.2, 0.25) is 0 Å². The summed E-state index contributed by atoms with van der Waals surface area (Å²) in [7, 11) is 0. The van der Waals surface area contributed by atoms with Crippen molar-refractivity contribution in [2.75, 3.05) is 6.61 Å². The summed E-state index contributed by atoms with van der Waals surface area (Å²) in [5.41, 5.74) is 2.09. The second-order valence-corrected chi connectivity index (χ2v) is 6.56. The molecule has 0 saturated carbocycles. The Kier molecular flexibility index (Phi) is 8.51.